The molecule has 0 radical (unpaired) electrons. The fraction of sp³-hybridized carbons (Fsp3) is 0.200. The number of halogens is 1. The smallest absolute Gasteiger partial charge is 0.276 e. The molecular weight excluding hydrogens is 292 g/mol. The standard InChI is InChI=1S/C15H15ClN2O3/c1-10-13(18(19)20)4-3-5-14(10)21-15-7-6-11(9-17-2)8-12(15)16/h3-8,17H,9H2,1-2H3. The molecule has 21 heavy (non-hydrogen) atoms. The Labute approximate surface area is 127 Å². The molecule has 0 unspecified atom stereocenters. The summed E-state index contributed by atoms with van der Waals surface area (Å²) in [6.45, 7) is 2.35. The van der Waals surface area contributed by atoms with Crippen molar-refractivity contribution in [3.8, 4) is 11.5 Å². The van der Waals surface area contributed by atoms with Gasteiger partial charge in [0.05, 0.1) is 15.5 Å². The van der Waals surface area contributed by atoms with Crippen LogP contribution in [0.4, 0.5) is 5.69 Å². The van der Waals surface area contributed by atoms with E-state index < -0.39 is 4.92 Å². The van der Waals surface area contributed by atoms with Crippen molar-refractivity contribution in [1.82, 2.24) is 5.32 Å². The molecule has 0 aromatic heterocycles. The molecule has 110 valence electrons. The Bertz CT molecular complexity index is 674. The maximum Gasteiger partial charge on any atom is 0.276 e. The van der Waals surface area contributed by atoms with Crippen molar-refractivity contribution < 1.29 is 9.66 Å². The number of benzene rings is 2. The fourth-order valence-corrected chi connectivity index (χ4v) is 2.21. The van der Waals surface area contributed by atoms with Gasteiger partial charge < -0.3 is 10.1 Å². The van der Waals surface area contributed by atoms with Crippen LogP contribution in [0.1, 0.15) is 11.1 Å². The molecule has 2 aromatic rings. The van der Waals surface area contributed by atoms with Crippen molar-refractivity contribution in [2.24, 2.45) is 0 Å². The normalized spacial score (nSPS) is 10.4. The molecule has 0 bridgehead atoms. The van der Waals surface area contributed by atoms with E-state index in [1.165, 1.54) is 6.07 Å². The van der Waals surface area contributed by atoms with Crippen LogP contribution in [0.25, 0.3) is 0 Å². The molecule has 0 saturated carbocycles. The lowest BCUT2D eigenvalue weighted by Gasteiger charge is -2.11. The minimum Gasteiger partial charge on any atom is -0.455 e. The van der Waals surface area contributed by atoms with Gasteiger partial charge in [0.2, 0.25) is 0 Å². The lowest BCUT2D eigenvalue weighted by molar-refractivity contribution is -0.385. The van der Waals surface area contributed by atoms with Gasteiger partial charge in [-0.25, -0.2) is 0 Å². The van der Waals surface area contributed by atoms with E-state index in [4.69, 9.17) is 16.3 Å². The van der Waals surface area contributed by atoms with Gasteiger partial charge in [-0.05, 0) is 37.7 Å². The molecule has 0 atom stereocenters. The molecule has 2 aromatic carbocycles. The first-order valence-corrected chi connectivity index (χ1v) is 6.75. The van der Waals surface area contributed by atoms with Gasteiger partial charge in [-0.2, -0.15) is 0 Å². The summed E-state index contributed by atoms with van der Waals surface area (Å²) >= 11 is 6.18. The van der Waals surface area contributed by atoms with Crippen molar-refractivity contribution in [1.29, 1.82) is 0 Å². The predicted molar refractivity (Wildman–Crippen MR) is 82.1 cm³/mol. The topological polar surface area (TPSA) is 64.4 Å². The molecule has 5 nitrogen and oxygen atoms in total. The van der Waals surface area contributed by atoms with Crippen LogP contribution in [0, 0.1) is 17.0 Å². The second kappa shape index (κ2) is 6.56. The van der Waals surface area contributed by atoms with Crippen molar-refractivity contribution >= 4 is 17.3 Å². The zero-order valence-electron chi connectivity index (χ0n) is 11.7. The monoisotopic (exact) mass is 306 g/mol. The first-order valence-electron chi connectivity index (χ1n) is 6.38. The number of nitro benzene ring substituents is 1. The van der Waals surface area contributed by atoms with Crippen LogP contribution in [0.2, 0.25) is 5.02 Å². The predicted octanol–water partition coefficient (Wildman–Crippen LogP) is 4.07. The summed E-state index contributed by atoms with van der Waals surface area (Å²) in [5, 5.41) is 14.4. The lowest BCUT2D eigenvalue weighted by Crippen LogP contribution is -2.04. The van der Waals surface area contributed by atoms with Gasteiger partial charge in [0.25, 0.3) is 5.69 Å². The van der Waals surface area contributed by atoms with Crippen LogP contribution >= 0.6 is 11.6 Å². The van der Waals surface area contributed by atoms with Crippen LogP contribution in [-0.2, 0) is 6.54 Å². The van der Waals surface area contributed by atoms with E-state index in [0.29, 0.717) is 28.6 Å². The van der Waals surface area contributed by atoms with Gasteiger partial charge in [-0.3, -0.25) is 10.1 Å². The van der Waals surface area contributed by atoms with Crippen LogP contribution in [-0.4, -0.2) is 12.0 Å². The second-order valence-electron chi connectivity index (χ2n) is 4.55. The van der Waals surface area contributed by atoms with Crippen molar-refractivity contribution in [2.45, 2.75) is 13.5 Å². The first kappa shape index (κ1) is 15.3. The van der Waals surface area contributed by atoms with E-state index >= 15 is 0 Å². The van der Waals surface area contributed by atoms with Gasteiger partial charge in [0, 0.05) is 12.6 Å². The molecule has 0 heterocycles. The van der Waals surface area contributed by atoms with Crippen molar-refractivity contribution in [2.75, 3.05) is 7.05 Å². The number of nitro groups is 1. The largest absolute Gasteiger partial charge is 0.455 e. The third kappa shape index (κ3) is 3.51. The lowest BCUT2D eigenvalue weighted by atomic mass is 10.2. The van der Waals surface area contributed by atoms with E-state index in [-0.39, 0.29) is 5.69 Å². The second-order valence-corrected chi connectivity index (χ2v) is 4.96. The Balaban J connectivity index is 2.30. The summed E-state index contributed by atoms with van der Waals surface area (Å²) in [5.41, 5.74) is 1.53. The fourth-order valence-electron chi connectivity index (χ4n) is 1.97. The van der Waals surface area contributed by atoms with Crippen molar-refractivity contribution in [3.05, 3.63) is 62.7 Å². The average molecular weight is 307 g/mol. The molecule has 0 aliphatic rings. The third-order valence-corrected chi connectivity index (χ3v) is 3.34. The molecular formula is C15H15ClN2O3. The van der Waals surface area contributed by atoms with Crippen LogP contribution in [0.3, 0.4) is 0 Å². The first-order chi connectivity index (χ1) is 10.0. The summed E-state index contributed by atoms with van der Waals surface area (Å²) in [5.74, 6) is 0.896. The number of ether oxygens (including phenoxy) is 1. The third-order valence-electron chi connectivity index (χ3n) is 3.05. The number of nitrogens with one attached hydrogen (secondary N) is 1. The minimum atomic E-state index is -0.431. The molecule has 0 saturated heterocycles. The van der Waals surface area contributed by atoms with Crippen LogP contribution in [0.5, 0.6) is 11.5 Å². The molecule has 1 N–H and O–H groups in total. The van der Waals surface area contributed by atoms with E-state index in [1.54, 1.807) is 31.2 Å². The highest BCUT2D eigenvalue weighted by Gasteiger charge is 2.15. The van der Waals surface area contributed by atoms with Gasteiger partial charge in [0.15, 0.2) is 0 Å². The average Bonchev–Trinajstić information content (AvgIpc) is 2.44. The van der Waals surface area contributed by atoms with E-state index in [1.807, 2.05) is 13.1 Å². The van der Waals surface area contributed by atoms with Crippen LogP contribution in [0.15, 0.2) is 36.4 Å². The summed E-state index contributed by atoms with van der Waals surface area (Å²) in [6, 6.07) is 10.2. The Morgan fingerprint density at radius 2 is 2.05 bits per heavy atom. The highest BCUT2D eigenvalue weighted by Crippen LogP contribution is 2.34. The zero-order valence-corrected chi connectivity index (χ0v) is 12.5. The van der Waals surface area contributed by atoms with E-state index in [2.05, 4.69) is 5.32 Å². The van der Waals surface area contributed by atoms with Crippen LogP contribution < -0.4 is 10.1 Å². The molecule has 0 spiro atoms. The highest BCUT2D eigenvalue weighted by atomic mass is 35.5. The molecule has 0 aliphatic heterocycles. The van der Waals surface area contributed by atoms with Gasteiger partial charge in [-0.15, -0.1) is 0 Å². The van der Waals surface area contributed by atoms with Crippen molar-refractivity contribution in [3.63, 3.8) is 0 Å². The number of hydrogen-bond donors (Lipinski definition) is 1. The summed E-state index contributed by atoms with van der Waals surface area (Å²) < 4.78 is 5.71. The number of nitrogens with zero attached hydrogens (tertiary/aromatic N) is 1. The SMILES string of the molecule is CNCc1ccc(Oc2cccc([N+](=O)[O-])c2C)c(Cl)c1. The summed E-state index contributed by atoms with van der Waals surface area (Å²) in [4.78, 5) is 10.5. The molecule has 0 fully saturated rings. The summed E-state index contributed by atoms with van der Waals surface area (Å²) in [6.07, 6.45) is 0. The Kier molecular flexibility index (Phi) is 4.77. The zero-order chi connectivity index (χ0) is 15.4. The van der Waals surface area contributed by atoms with E-state index in [9.17, 15) is 10.1 Å². The minimum absolute atomic E-state index is 0.0235. The molecule has 6 heteroatoms. The van der Waals surface area contributed by atoms with Gasteiger partial charge >= 0.3 is 0 Å². The summed E-state index contributed by atoms with van der Waals surface area (Å²) in [7, 11) is 1.85. The number of hydrogen-bond acceptors (Lipinski definition) is 4. The quantitative estimate of drug-likeness (QED) is 0.668. The maximum absolute atomic E-state index is 10.9. The molecule has 0 aliphatic carbocycles. The maximum atomic E-state index is 10.9. The number of rotatable bonds is 5. The highest BCUT2D eigenvalue weighted by molar-refractivity contribution is 6.32. The van der Waals surface area contributed by atoms with Gasteiger partial charge in [0.1, 0.15) is 11.5 Å². The molecule has 0 amide bonds. The molecule has 2 rings (SSSR count). The Morgan fingerprint density at radius 3 is 2.67 bits per heavy atom. The Hall–Kier alpha value is -2.11. The Morgan fingerprint density at radius 1 is 1.29 bits per heavy atom. The van der Waals surface area contributed by atoms with E-state index in [0.717, 1.165) is 5.56 Å². The van der Waals surface area contributed by atoms with Gasteiger partial charge in [-0.1, -0.05) is 23.7 Å².